The monoisotopic (exact) mass is 197 g/mol. The fourth-order valence-electron chi connectivity index (χ4n) is 1.13. The maximum absolute atomic E-state index is 13.2. The molecule has 14 heavy (non-hydrogen) atoms. The Balaban J connectivity index is 2.96. The van der Waals surface area contributed by atoms with Crippen molar-refractivity contribution in [3.05, 3.63) is 23.8 Å². The fourth-order valence-corrected chi connectivity index (χ4v) is 1.13. The van der Waals surface area contributed by atoms with Crippen molar-refractivity contribution in [1.29, 1.82) is 0 Å². The van der Waals surface area contributed by atoms with Crippen LogP contribution in [0.3, 0.4) is 0 Å². The molecule has 0 spiro atoms. The molecule has 3 N–H and O–H groups in total. The van der Waals surface area contributed by atoms with Crippen LogP contribution in [0.25, 0.3) is 0 Å². The second-order valence-corrected chi connectivity index (χ2v) is 2.75. The molecule has 1 amide bonds. The first-order chi connectivity index (χ1) is 6.69. The summed E-state index contributed by atoms with van der Waals surface area (Å²) in [5, 5.41) is 2.49. The maximum Gasteiger partial charge on any atom is 0.238 e. The van der Waals surface area contributed by atoms with Crippen molar-refractivity contribution in [3.63, 3.8) is 0 Å². The first-order valence-corrected chi connectivity index (χ1v) is 4.31. The van der Waals surface area contributed by atoms with Crippen LogP contribution in [0.1, 0.15) is 12.5 Å². The van der Waals surface area contributed by atoms with Crippen LogP contribution in [0.5, 0.6) is 0 Å². The summed E-state index contributed by atoms with van der Waals surface area (Å²) < 4.78 is 13.2. The fraction of sp³-hybridized carbons (Fsp3) is 0.333. The lowest BCUT2D eigenvalue weighted by Gasteiger charge is -2.08. The van der Waals surface area contributed by atoms with E-state index in [1.165, 1.54) is 6.20 Å². The summed E-state index contributed by atoms with van der Waals surface area (Å²) in [6, 6.07) is 0. The average molecular weight is 197 g/mol. The van der Waals surface area contributed by atoms with E-state index in [-0.39, 0.29) is 12.5 Å². The van der Waals surface area contributed by atoms with Crippen LogP contribution in [-0.4, -0.2) is 17.4 Å². The van der Waals surface area contributed by atoms with Crippen LogP contribution >= 0.6 is 0 Å². The molecule has 0 atom stereocenters. The SMILES string of the molecule is CCc1c(F)cncc1NC(=O)CN. The molecule has 0 aliphatic heterocycles. The Kier molecular flexibility index (Phi) is 3.53. The zero-order chi connectivity index (χ0) is 10.6. The quantitative estimate of drug-likeness (QED) is 0.748. The van der Waals surface area contributed by atoms with Crippen LogP contribution < -0.4 is 11.1 Å². The van der Waals surface area contributed by atoms with E-state index in [0.29, 0.717) is 17.7 Å². The highest BCUT2D eigenvalue weighted by Gasteiger charge is 2.08. The van der Waals surface area contributed by atoms with Crippen molar-refractivity contribution >= 4 is 11.6 Å². The molecule has 4 nitrogen and oxygen atoms in total. The summed E-state index contributed by atoms with van der Waals surface area (Å²) in [4.78, 5) is 14.6. The van der Waals surface area contributed by atoms with Crippen molar-refractivity contribution in [2.75, 3.05) is 11.9 Å². The van der Waals surface area contributed by atoms with Crippen LogP contribution in [0.15, 0.2) is 12.4 Å². The van der Waals surface area contributed by atoms with Crippen molar-refractivity contribution in [3.8, 4) is 0 Å². The zero-order valence-corrected chi connectivity index (χ0v) is 7.88. The number of nitrogens with one attached hydrogen (secondary N) is 1. The third-order valence-corrected chi connectivity index (χ3v) is 1.82. The van der Waals surface area contributed by atoms with Gasteiger partial charge >= 0.3 is 0 Å². The first-order valence-electron chi connectivity index (χ1n) is 4.31. The highest BCUT2D eigenvalue weighted by atomic mass is 19.1. The molecule has 0 bridgehead atoms. The molecule has 0 saturated carbocycles. The van der Waals surface area contributed by atoms with Crippen molar-refractivity contribution in [2.24, 2.45) is 5.73 Å². The molecule has 5 heteroatoms. The van der Waals surface area contributed by atoms with Crippen molar-refractivity contribution in [2.45, 2.75) is 13.3 Å². The minimum atomic E-state index is -0.415. The number of pyridine rings is 1. The molecule has 0 radical (unpaired) electrons. The Morgan fingerprint density at radius 2 is 2.36 bits per heavy atom. The maximum atomic E-state index is 13.2. The Morgan fingerprint density at radius 3 is 2.93 bits per heavy atom. The molecule has 0 aliphatic rings. The number of carbonyl (C=O) groups is 1. The molecule has 1 rings (SSSR count). The molecular weight excluding hydrogens is 185 g/mol. The Morgan fingerprint density at radius 1 is 1.64 bits per heavy atom. The average Bonchev–Trinajstić information content (AvgIpc) is 2.18. The van der Waals surface area contributed by atoms with Crippen LogP contribution in [0.4, 0.5) is 10.1 Å². The molecule has 1 aromatic heterocycles. The summed E-state index contributed by atoms with van der Waals surface area (Å²) in [6.45, 7) is 1.68. The highest BCUT2D eigenvalue weighted by Crippen LogP contribution is 2.17. The molecule has 0 aliphatic carbocycles. The Labute approximate surface area is 81.3 Å². The lowest BCUT2D eigenvalue weighted by molar-refractivity contribution is -0.114. The number of amides is 1. The van der Waals surface area contributed by atoms with Crippen LogP contribution in [0.2, 0.25) is 0 Å². The second-order valence-electron chi connectivity index (χ2n) is 2.75. The predicted molar refractivity (Wildman–Crippen MR) is 51.3 cm³/mol. The van der Waals surface area contributed by atoms with Gasteiger partial charge in [0, 0.05) is 5.56 Å². The number of nitrogens with two attached hydrogens (primary N) is 1. The van der Waals surface area contributed by atoms with Crippen molar-refractivity contribution in [1.82, 2.24) is 4.98 Å². The predicted octanol–water partition coefficient (Wildman–Crippen LogP) is 0.680. The Hall–Kier alpha value is -1.49. The summed E-state index contributed by atoms with van der Waals surface area (Å²) >= 11 is 0. The molecule has 1 aromatic rings. The van der Waals surface area contributed by atoms with Gasteiger partial charge in [0.05, 0.1) is 24.6 Å². The normalized spacial score (nSPS) is 9.93. The minimum Gasteiger partial charge on any atom is -0.323 e. The van der Waals surface area contributed by atoms with Gasteiger partial charge in [0.1, 0.15) is 5.82 Å². The van der Waals surface area contributed by atoms with E-state index in [4.69, 9.17) is 5.73 Å². The van der Waals surface area contributed by atoms with E-state index in [0.717, 1.165) is 6.20 Å². The molecule has 1 heterocycles. The first kappa shape index (κ1) is 10.6. The highest BCUT2D eigenvalue weighted by molar-refractivity contribution is 5.92. The third-order valence-electron chi connectivity index (χ3n) is 1.82. The van der Waals surface area contributed by atoms with Gasteiger partial charge in [-0.3, -0.25) is 9.78 Å². The van der Waals surface area contributed by atoms with Gasteiger partial charge in [0.25, 0.3) is 0 Å². The van der Waals surface area contributed by atoms with Gasteiger partial charge in [0.15, 0.2) is 0 Å². The van der Waals surface area contributed by atoms with Gasteiger partial charge in [-0.15, -0.1) is 0 Å². The number of aromatic nitrogens is 1. The lowest BCUT2D eigenvalue weighted by Crippen LogP contribution is -2.22. The Bertz CT molecular complexity index is 341. The van der Waals surface area contributed by atoms with E-state index >= 15 is 0 Å². The lowest BCUT2D eigenvalue weighted by atomic mass is 10.1. The molecule has 0 aromatic carbocycles. The van der Waals surface area contributed by atoms with E-state index < -0.39 is 5.82 Å². The van der Waals surface area contributed by atoms with E-state index in [1.807, 2.05) is 0 Å². The number of anilines is 1. The van der Waals surface area contributed by atoms with Gasteiger partial charge in [-0.2, -0.15) is 0 Å². The van der Waals surface area contributed by atoms with Crippen molar-refractivity contribution < 1.29 is 9.18 Å². The van der Waals surface area contributed by atoms with E-state index in [2.05, 4.69) is 10.3 Å². The number of carbonyl (C=O) groups excluding carboxylic acids is 1. The molecule has 76 valence electrons. The number of nitrogens with zero attached hydrogens (tertiary/aromatic N) is 1. The smallest absolute Gasteiger partial charge is 0.238 e. The molecular formula is C9H12FN3O. The number of rotatable bonds is 3. The van der Waals surface area contributed by atoms with Gasteiger partial charge in [-0.05, 0) is 6.42 Å². The van der Waals surface area contributed by atoms with Gasteiger partial charge < -0.3 is 11.1 Å². The summed E-state index contributed by atoms with van der Waals surface area (Å²) in [7, 11) is 0. The molecule has 0 saturated heterocycles. The summed E-state index contributed by atoms with van der Waals surface area (Å²) in [5.74, 6) is -0.769. The molecule has 0 fully saturated rings. The van der Waals surface area contributed by atoms with E-state index in [9.17, 15) is 9.18 Å². The van der Waals surface area contributed by atoms with Gasteiger partial charge in [-0.25, -0.2) is 4.39 Å². The van der Waals surface area contributed by atoms with Gasteiger partial charge in [0.2, 0.25) is 5.91 Å². The summed E-state index contributed by atoms with van der Waals surface area (Å²) in [6.07, 6.45) is 3.03. The second kappa shape index (κ2) is 4.66. The molecule has 0 unspecified atom stereocenters. The van der Waals surface area contributed by atoms with Crippen LogP contribution in [-0.2, 0) is 11.2 Å². The van der Waals surface area contributed by atoms with Gasteiger partial charge in [-0.1, -0.05) is 6.92 Å². The minimum absolute atomic E-state index is 0.125. The zero-order valence-electron chi connectivity index (χ0n) is 7.88. The standard InChI is InChI=1S/C9H12FN3O/c1-2-6-7(10)4-12-5-8(6)13-9(14)3-11/h4-5H,2-3,11H2,1H3,(H,13,14). The number of hydrogen-bond acceptors (Lipinski definition) is 3. The number of hydrogen-bond donors (Lipinski definition) is 2. The van der Waals surface area contributed by atoms with Crippen LogP contribution in [0, 0.1) is 5.82 Å². The summed E-state index contributed by atoms with van der Waals surface area (Å²) in [5.41, 5.74) is 5.96. The largest absolute Gasteiger partial charge is 0.323 e. The third kappa shape index (κ3) is 2.26. The van der Waals surface area contributed by atoms with E-state index in [1.54, 1.807) is 6.92 Å². The topological polar surface area (TPSA) is 68.0 Å². The number of halogens is 1.